The standard InChI is InChI=1S/2C22H26BrClN2O4S.C16H14BrClN2O2S.C6H11O2.ClH.Zn/c2*1-20(2,3)30-19(27)11-22(26-31(28)21(4,5)6)14-9-13(23)7-8-16(14)29-17-12-25-18(24)10-15(17)22;1-16(2,3)23(21)20-15-10-6-9(17)4-5-12(10)22-13-8-19-14(18)7-11(13)15;1-5(7)8-6(2,3)4;;/h2*7-10,12,26H,11H2,1-6H3;4-8H,1-3H3;1H2,2-4H3;1H;/q;;;-1;;+2/p-1/t2*22-,31+;23-;;;/m110.../s1. The molecular formula is C66H77Br3Cl4N6O12S3Zn. The monoisotopic (exact) mass is 1680 g/mol. The van der Waals surface area contributed by atoms with Gasteiger partial charge in [0, 0.05) is 46.4 Å². The van der Waals surface area contributed by atoms with Crippen LogP contribution in [0.15, 0.2) is 114 Å². The number of hydrogen-bond acceptors (Lipinski definition) is 15. The number of hydrogen-bond donors (Lipinski definition) is 2. The average Bonchev–Trinajstić information content (AvgIpc) is 0.737. The van der Waals surface area contributed by atoms with E-state index in [4.69, 9.17) is 67.9 Å². The molecule has 512 valence electrons. The van der Waals surface area contributed by atoms with Crippen molar-refractivity contribution >= 4 is 165 Å². The summed E-state index contributed by atoms with van der Waals surface area (Å²) >= 11 is 29.8. The van der Waals surface area contributed by atoms with Gasteiger partial charge in [-0.05, 0) is 197 Å². The zero-order valence-corrected chi connectivity index (χ0v) is 69.2. The van der Waals surface area contributed by atoms with Gasteiger partial charge in [-0.3, -0.25) is 21.3 Å². The molecule has 0 unspecified atom stereocenters. The maximum atomic E-state index is 13.3. The number of ether oxygens (including phenoxy) is 5. The normalized spacial score (nSPS) is 17.0. The number of carbonyl (C=O) groups is 3. The first-order valence-electron chi connectivity index (χ1n) is 29.2. The molecular weight excluding hydrogens is 1610 g/mol. The summed E-state index contributed by atoms with van der Waals surface area (Å²) in [6, 6.07) is 21.5. The van der Waals surface area contributed by atoms with Gasteiger partial charge in [0.15, 0.2) is 23.1 Å². The number of pyridine rings is 3. The number of rotatable bonds is 9. The number of benzene rings is 3. The van der Waals surface area contributed by atoms with Crippen LogP contribution < -0.4 is 24.3 Å². The van der Waals surface area contributed by atoms with Gasteiger partial charge < -0.3 is 28.1 Å². The number of aromatic nitrogens is 3. The van der Waals surface area contributed by atoms with Gasteiger partial charge in [-0.2, -0.15) is 4.40 Å². The van der Waals surface area contributed by atoms with Crippen molar-refractivity contribution in [3.63, 3.8) is 0 Å². The molecule has 3 aromatic carbocycles. The topological polar surface area (TPSA) is 237 Å². The molecule has 0 fully saturated rings. The molecule has 6 heterocycles. The predicted molar refractivity (Wildman–Crippen MR) is 386 cm³/mol. The van der Waals surface area contributed by atoms with Crippen molar-refractivity contribution in [2.24, 2.45) is 4.40 Å². The molecule has 4 aromatic heterocycles. The molecule has 2 aliphatic heterocycles. The fraction of sp³-hybridized carbons (Fsp3) is 0.424. The Morgan fingerprint density at radius 1 is 0.516 bits per heavy atom. The van der Waals surface area contributed by atoms with Crippen molar-refractivity contribution < 1.29 is 72.4 Å². The van der Waals surface area contributed by atoms with E-state index in [1.54, 1.807) is 57.3 Å². The molecule has 9 rings (SSSR count). The van der Waals surface area contributed by atoms with Crippen molar-refractivity contribution in [2.45, 2.75) is 180 Å². The predicted octanol–water partition coefficient (Wildman–Crippen LogP) is 17.9. The van der Waals surface area contributed by atoms with Gasteiger partial charge in [0.2, 0.25) is 0 Å². The summed E-state index contributed by atoms with van der Waals surface area (Å²) < 4.78 is 84.9. The molecule has 0 saturated carbocycles. The number of nitrogens with one attached hydrogen (secondary N) is 2. The van der Waals surface area contributed by atoms with E-state index >= 15 is 0 Å². The number of nitrogens with zero attached hydrogens (tertiary/aromatic N) is 4. The summed E-state index contributed by atoms with van der Waals surface area (Å²) in [7, 11) is 0.287. The molecule has 0 saturated heterocycles. The molecule has 5 atom stereocenters. The van der Waals surface area contributed by atoms with Gasteiger partial charge in [0.1, 0.15) is 60.3 Å². The van der Waals surface area contributed by atoms with E-state index < -0.39 is 93.0 Å². The van der Waals surface area contributed by atoms with Gasteiger partial charge in [-0.15, -0.1) is 0 Å². The van der Waals surface area contributed by atoms with Gasteiger partial charge in [0.05, 0.1) is 84.1 Å². The quantitative estimate of drug-likeness (QED) is 0.0341. The fourth-order valence-electron chi connectivity index (χ4n) is 8.91. The Bertz CT molecular complexity index is 3810. The van der Waals surface area contributed by atoms with E-state index in [1.165, 1.54) is 12.4 Å². The second kappa shape index (κ2) is 32.6. The molecule has 18 nitrogen and oxygen atoms in total. The Kier molecular flexibility index (Phi) is 28.0. The van der Waals surface area contributed by atoms with E-state index in [-0.39, 0.29) is 23.1 Å². The van der Waals surface area contributed by atoms with Crippen LogP contribution in [0.4, 0.5) is 0 Å². The first kappa shape index (κ1) is 81.7. The number of esters is 3. The summed E-state index contributed by atoms with van der Waals surface area (Å²) in [4.78, 5) is 48.6. The summed E-state index contributed by atoms with van der Waals surface area (Å²) in [5.41, 5.74) is -0.512. The Morgan fingerprint density at radius 3 is 1.24 bits per heavy atom. The summed E-state index contributed by atoms with van der Waals surface area (Å²) in [6.45, 7) is 36.1. The Morgan fingerprint density at radius 2 is 0.874 bits per heavy atom. The third-order valence-corrected chi connectivity index (χ3v) is 19.5. The summed E-state index contributed by atoms with van der Waals surface area (Å²) in [6.07, 6.45) is 4.33. The van der Waals surface area contributed by atoms with E-state index in [2.05, 4.69) is 88.2 Å². The van der Waals surface area contributed by atoms with Crippen LogP contribution in [-0.2, 0) is 89.9 Å². The van der Waals surface area contributed by atoms with Crippen molar-refractivity contribution in [3.8, 4) is 23.0 Å². The van der Waals surface area contributed by atoms with Crippen LogP contribution in [0.5, 0.6) is 23.0 Å². The zero-order chi connectivity index (χ0) is 71.9. The van der Waals surface area contributed by atoms with Crippen LogP contribution in [0, 0.1) is 6.92 Å². The Balaban J connectivity index is 0.000000242. The van der Waals surface area contributed by atoms with Crippen LogP contribution in [0.2, 0.25) is 15.5 Å². The first-order chi connectivity index (χ1) is 43.6. The van der Waals surface area contributed by atoms with Gasteiger partial charge in [-0.25, -0.2) is 37.0 Å². The van der Waals surface area contributed by atoms with Crippen LogP contribution in [0.1, 0.15) is 160 Å². The third-order valence-electron chi connectivity index (χ3n) is 12.8. The van der Waals surface area contributed by atoms with Gasteiger partial charge in [0.25, 0.3) is 0 Å². The molecule has 29 heteroatoms. The van der Waals surface area contributed by atoms with Crippen molar-refractivity contribution in [3.05, 3.63) is 155 Å². The first-order valence-corrected chi connectivity index (χ1v) is 40.0. The van der Waals surface area contributed by atoms with Gasteiger partial charge >= 0.3 is 38.9 Å². The minimum atomic E-state index is -1.53. The van der Waals surface area contributed by atoms with E-state index in [0.717, 1.165) is 36.1 Å². The molecule has 7 aromatic rings. The van der Waals surface area contributed by atoms with Crippen molar-refractivity contribution in [1.82, 2.24) is 24.4 Å². The number of halogens is 7. The number of carbonyl (C=O) groups excluding carboxylic acids is 3. The van der Waals surface area contributed by atoms with E-state index in [9.17, 15) is 27.0 Å². The summed E-state index contributed by atoms with van der Waals surface area (Å²) in [5, 5.41) is 2.86. The summed E-state index contributed by atoms with van der Waals surface area (Å²) in [5.74, 6) is 0.554. The molecule has 0 amide bonds. The van der Waals surface area contributed by atoms with Crippen molar-refractivity contribution in [1.29, 1.82) is 0 Å². The second-order valence-electron chi connectivity index (χ2n) is 27.4. The molecule has 0 bridgehead atoms. The maximum absolute atomic E-state index is 13.3. The SMILES string of the molecule is CC(C)(C)OC(=O)C[C@@]1(N[S@@](=O)C(C)(C)C)c2cc(Br)ccc2Oc2cnc(Cl)cc21.CC(C)(C)OC(=O)C[C@@]1(N[S@@](=O)C(C)(C)C)c2cc(Br)ccc2Oc2cnc(Cl)cc21.CC(C)(C)[S@](=O)N=c1c2cc(Br)ccc2oc2cnc(Cl)cc12.[CH2-]C(=O)OC(C)(C)C.[Cl][Zn+]. The zero-order valence-electron chi connectivity index (χ0n) is 56.0. The van der Waals surface area contributed by atoms with Crippen LogP contribution in [0.3, 0.4) is 0 Å². The Labute approximate surface area is 617 Å². The molecule has 2 N–H and O–H groups in total. The van der Waals surface area contributed by atoms with Crippen LogP contribution in [0.25, 0.3) is 21.9 Å². The molecule has 95 heavy (non-hydrogen) atoms. The molecule has 2 aliphatic rings. The van der Waals surface area contributed by atoms with Crippen LogP contribution in [-0.4, -0.2) is 76.5 Å². The molecule has 0 spiro atoms. The number of fused-ring (bicyclic) bond motifs is 6. The van der Waals surface area contributed by atoms with Crippen molar-refractivity contribution in [2.75, 3.05) is 0 Å². The van der Waals surface area contributed by atoms with E-state index in [0.29, 0.717) is 72.3 Å². The van der Waals surface area contributed by atoms with E-state index in [1.807, 2.05) is 146 Å². The van der Waals surface area contributed by atoms with Gasteiger partial charge in [-0.1, -0.05) is 82.6 Å². The average molecular weight is 1690 g/mol. The third kappa shape index (κ3) is 22.8. The van der Waals surface area contributed by atoms with Crippen LogP contribution >= 0.6 is 92.3 Å². The minimum absolute atomic E-state index is 0.119. The molecule has 0 radical (unpaired) electrons. The fourth-order valence-corrected chi connectivity index (χ4v) is 12.9. The second-order valence-corrected chi connectivity index (χ2v) is 37.2. The Hall–Kier alpha value is -3.95. The molecule has 0 aliphatic carbocycles.